The number of nitrogens with two attached hydrogens (primary N) is 1. The van der Waals surface area contributed by atoms with Crippen molar-refractivity contribution in [3.05, 3.63) is 65.2 Å². The Balaban J connectivity index is 0.00000210. The molecule has 144 valence electrons. The maximum absolute atomic E-state index is 6.20. The molecule has 1 aliphatic heterocycles. The van der Waals surface area contributed by atoms with Crippen LogP contribution in [0.5, 0.6) is 0 Å². The Labute approximate surface area is 179 Å². The fourth-order valence-electron chi connectivity index (χ4n) is 4.18. The SMILES string of the molecule is I.NC(=NCC(c1ccccc1)N1CCCC1)Nc1ccc2c(c1)CCC2. The minimum Gasteiger partial charge on any atom is -0.370 e. The molecule has 3 N–H and O–H groups in total. The van der Waals surface area contributed by atoms with E-state index in [0.29, 0.717) is 18.5 Å². The number of anilines is 1. The average Bonchev–Trinajstić information content (AvgIpc) is 3.34. The van der Waals surface area contributed by atoms with Gasteiger partial charge in [-0.15, -0.1) is 24.0 Å². The van der Waals surface area contributed by atoms with Gasteiger partial charge >= 0.3 is 0 Å². The summed E-state index contributed by atoms with van der Waals surface area (Å²) in [6.07, 6.45) is 6.18. The van der Waals surface area contributed by atoms with Gasteiger partial charge in [0.25, 0.3) is 0 Å². The molecule has 0 spiro atoms. The van der Waals surface area contributed by atoms with Gasteiger partial charge in [0, 0.05) is 5.69 Å². The topological polar surface area (TPSA) is 53.6 Å². The number of benzene rings is 2. The van der Waals surface area contributed by atoms with E-state index in [-0.39, 0.29) is 24.0 Å². The first-order valence-corrected chi connectivity index (χ1v) is 9.77. The number of hydrogen-bond donors (Lipinski definition) is 2. The highest BCUT2D eigenvalue weighted by molar-refractivity contribution is 14.0. The Bertz CT molecular complexity index is 769. The molecule has 1 heterocycles. The number of nitrogens with zero attached hydrogens (tertiary/aromatic N) is 2. The zero-order chi connectivity index (χ0) is 17.8. The third-order valence-corrected chi connectivity index (χ3v) is 5.57. The van der Waals surface area contributed by atoms with Crippen LogP contribution in [0, 0.1) is 0 Å². The second-order valence-corrected chi connectivity index (χ2v) is 7.36. The summed E-state index contributed by atoms with van der Waals surface area (Å²) >= 11 is 0. The van der Waals surface area contributed by atoms with E-state index < -0.39 is 0 Å². The van der Waals surface area contributed by atoms with Gasteiger partial charge in [0.2, 0.25) is 0 Å². The summed E-state index contributed by atoms with van der Waals surface area (Å²) in [5, 5.41) is 3.28. The van der Waals surface area contributed by atoms with E-state index in [1.54, 1.807) is 0 Å². The second kappa shape index (κ2) is 9.55. The number of aliphatic imine (C=N–C) groups is 1. The smallest absolute Gasteiger partial charge is 0.193 e. The minimum absolute atomic E-state index is 0. The fraction of sp³-hybridized carbons (Fsp3) is 0.409. The predicted octanol–water partition coefficient (Wildman–Crippen LogP) is 4.36. The molecule has 1 unspecified atom stereocenters. The van der Waals surface area contributed by atoms with Crippen molar-refractivity contribution in [2.45, 2.75) is 38.1 Å². The normalized spacial score (nSPS) is 18.0. The van der Waals surface area contributed by atoms with Crippen molar-refractivity contribution in [2.75, 3.05) is 25.0 Å². The molecular formula is C22H29IN4. The number of hydrogen-bond acceptors (Lipinski definition) is 2. The molecule has 1 atom stereocenters. The second-order valence-electron chi connectivity index (χ2n) is 7.36. The Kier molecular flexibility index (Phi) is 7.13. The molecule has 4 nitrogen and oxygen atoms in total. The number of halogens is 1. The molecule has 0 saturated carbocycles. The Morgan fingerprint density at radius 3 is 2.52 bits per heavy atom. The summed E-state index contributed by atoms with van der Waals surface area (Å²) in [7, 11) is 0. The van der Waals surface area contributed by atoms with E-state index in [1.165, 1.54) is 48.8 Å². The number of guanidine groups is 1. The number of aryl methyl sites for hydroxylation is 2. The summed E-state index contributed by atoms with van der Waals surface area (Å²) in [6.45, 7) is 2.98. The van der Waals surface area contributed by atoms with Gasteiger partial charge in [0.05, 0.1) is 12.6 Å². The summed E-state index contributed by atoms with van der Waals surface area (Å²) in [5.74, 6) is 0.503. The van der Waals surface area contributed by atoms with Gasteiger partial charge in [-0.2, -0.15) is 0 Å². The molecule has 1 aliphatic carbocycles. The monoisotopic (exact) mass is 476 g/mol. The van der Waals surface area contributed by atoms with E-state index in [1.807, 2.05) is 0 Å². The highest BCUT2D eigenvalue weighted by Crippen LogP contribution is 2.26. The van der Waals surface area contributed by atoms with Gasteiger partial charge in [-0.25, -0.2) is 0 Å². The predicted molar refractivity (Wildman–Crippen MR) is 124 cm³/mol. The first-order chi connectivity index (χ1) is 12.8. The summed E-state index contributed by atoms with van der Waals surface area (Å²) in [6, 6.07) is 17.5. The molecule has 1 saturated heterocycles. The molecular weight excluding hydrogens is 447 g/mol. The quantitative estimate of drug-likeness (QED) is 0.383. The lowest BCUT2D eigenvalue weighted by Crippen LogP contribution is -2.30. The zero-order valence-corrected chi connectivity index (χ0v) is 18.1. The van der Waals surface area contributed by atoms with Gasteiger partial charge < -0.3 is 11.1 Å². The molecule has 2 aromatic carbocycles. The zero-order valence-electron chi connectivity index (χ0n) is 15.7. The van der Waals surface area contributed by atoms with Crippen molar-refractivity contribution in [1.29, 1.82) is 0 Å². The molecule has 4 rings (SSSR count). The van der Waals surface area contributed by atoms with E-state index in [4.69, 9.17) is 5.73 Å². The van der Waals surface area contributed by atoms with Crippen molar-refractivity contribution in [2.24, 2.45) is 10.7 Å². The van der Waals surface area contributed by atoms with Gasteiger partial charge in [-0.1, -0.05) is 36.4 Å². The van der Waals surface area contributed by atoms with E-state index >= 15 is 0 Å². The van der Waals surface area contributed by atoms with Gasteiger partial charge in [-0.3, -0.25) is 9.89 Å². The molecule has 27 heavy (non-hydrogen) atoms. The molecule has 5 heteroatoms. The van der Waals surface area contributed by atoms with Crippen LogP contribution >= 0.6 is 24.0 Å². The van der Waals surface area contributed by atoms with Gasteiger partial charge in [-0.05, 0) is 74.0 Å². The van der Waals surface area contributed by atoms with Crippen LogP contribution in [0.2, 0.25) is 0 Å². The van der Waals surface area contributed by atoms with Crippen LogP contribution in [0.1, 0.15) is 42.0 Å². The number of rotatable bonds is 5. The third kappa shape index (κ3) is 5.02. The van der Waals surface area contributed by atoms with E-state index in [0.717, 1.165) is 18.8 Å². The standard InChI is InChI=1S/C22H28N4.HI/c23-22(25-20-12-11-17-9-6-10-19(17)15-20)24-16-21(26-13-4-5-14-26)18-7-2-1-3-8-18;/h1-3,7-8,11-12,15,21H,4-6,9-10,13-14,16H2,(H3,23,24,25);1H. The number of likely N-dealkylation sites (tertiary alicyclic amines) is 1. The van der Waals surface area contributed by atoms with Crippen LogP contribution in [0.4, 0.5) is 5.69 Å². The number of nitrogens with one attached hydrogen (secondary N) is 1. The molecule has 1 fully saturated rings. The minimum atomic E-state index is 0. The van der Waals surface area contributed by atoms with Crippen LogP contribution in [-0.4, -0.2) is 30.5 Å². The summed E-state index contributed by atoms with van der Waals surface area (Å²) in [5.41, 5.74) is 11.5. The Morgan fingerprint density at radius 1 is 1.00 bits per heavy atom. The van der Waals surface area contributed by atoms with E-state index in [9.17, 15) is 0 Å². The molecule has 0 radical (unpaired) electrons. The highest BCUT2D eigenvalue weighted by atomic mass is 127. The van der Waals surface area contributed by atoms with Crippen molar-refractivity contribution in [3.63, 3.8) is 0 Å². The largest absolute Gasteiger partial charge is 0.370 e. The first kappa shape index (κ1) is 20.1. The average molecular weight is 476 g/mol. The Hall–Kier alpha value is -1.60. The van der Waals surface area contributed by atoms with Crippen LogP contribution in [0.3, 0.4) is 0 Å². The molecule has 0 bridgehead atoms. The fourth-order valence-corrected chi connectivity index (χ4v) is 4.18. The van der Waals surface area contributed by atoms with Crippen LogP contribution < -0.4 is 11.1 Å². The van der Waals surface area contributed by atoms with Crippen LogP contribution in [-0.2, 0) is 12.8 Å². The van der Waals surface area contributed by atoms with Crippen LogP contribution in [0.25, 0.3) is 0 Å². The lowest BCUT2D eigenvalue weighted by atomic mass is 10.1. The molecule has 0 aromatic heterocycles. The molecule has 2 aromatic rings. The van der Waals surface area contributed by atoms with Crippen LogP contribution in [0.15, 0.2) is 53.5 Å². The summed E-state index contributed by atoms with van der Waals surface area (Å²) < 4.78 is 0. The van der Waals surface area contributed by atoms with Crippen molar-refractivity contribution >= 4 is 35.6 Å². The summed E-state index contributed by atoms with van der Waals surface area (Å²) in [4.78, 5) is 7.21. The Morgan fingerprint density at radius 2 is 1.74 bits per heavy atom. The van der Waals surface area contributed by atoms with E-state index in [2.05, 4.69) is 63.7 Å². The van der Waals surface area contributed by atoms with Gasteiger partial charge in [0.15, 0.2) is 5.96 Å². The maximum Gasteiger partial charge on any atom is 0.193 e. The number of fused-ring (bicyclic) bond motifs is 1. The lowest BCUT2D eigenvalue weighted by Gasteiger charge is -2.26. The van der Waals surface area contributed by atoms with Crippen molar-refractivity contribution in [3.8, 4) is 0 Å². The highest BCUT2D eigenvalue weighted by Gasteiger charge is 2.23. The lowest BCUT2D eigenvalue weighted by molar-refractivity contribution is 0.252. The molecule has 0 amide bonds. The third-order valence-electron chi connectivity index (χ3n) is 5.57. The van der Waals surface area contributed by atoms with Gasteiger partial charge in [0.1, 0.15) is 0 Å². The molecule has 2 aliphatic rings. The van der Waals surface area contributed by atoms with Crippen molar-refractivity contribution in [1.82, 2.24) is 4.90 Å². The van der Waals surface area contributed by atoms with Crippen molar-refractivity contribution < 1.29 is 0 Å². The maximum atomic E-state index is 6.20. The first-order valence-electron chi connectivity index (χ1n) is 9.77.